The fraction of sp³-hybridized carbons (Fsp3) is 0.471. The molecular formula is C17H24ClN3. The van der Waals surface area contributed by atoms with Gasteiger partial charge in [-0.05, 0) is 32.9 Å². The third-order valence-corrected chi connectivity index (χ3v) is 4.24. The molecule has 21 heavy (non-hydrogen) atoms. The maximum atomic E-state index is 6.43. The molecule has 3 nitrogen and oxygen atoms in total. The summed E-state index contributed by atoms with van der Waals surface area (Å²) < 4.78 is 2.02. The van der Waals surface area contributed by atoms with Crippen LogP contribution in [0.15, 0.2) is 36.5 Å². The van der Waals surface area contributed by atoms with E-state index in [1.165, 1.54) is 5.56 Å². The molecule has 0 aliphatic heterocycles. The number of benzene rings is 1. The summed E-state index contributed by atoms with van der Waals surface area (Å²) in [6.07, 6.45) is 2.79. The average molecular weight is 306 g/mol. The van der Waals surface area contributed by atoms with Gasteiger partial charge in [0.1, 0.15) is 0 Å². The highest BCUT2D eigenvalue weighted by Gasteiger charge is 2.28. The molecule has 0 saturated carbocycles. The van der Waals surface area contributed by atoms with E-state index in [4.69, 9.17) is 11.6 Å². The monoisotopic (exact) mass is 305 g/mol. The van der Waals surface area contributed by atoms with Crippen LogP contribution in [0, 0.1) is 0 Å². The van der Waals surface area contributed by atoms with Gasteiger partial charge in [-0.2, -0.15) is 5.10 Å². The molecule has 114 valence electrons. The van der Waals surface area contributed by atoms with Crippen LogP contribution in [0.2, 0.25) is 5.02 Å². The van der Waals surface area contributed by atoms with Crippen molar-refractivity contribution in [2.75, 3.05) is 7.05 Å². The molecule has 0 saturated heterocycles. The van der Waals surface area contributed by atoms with Crippen LogP contribution in [-0.2, 0) is 0 Å². The molecule has 1 N–H and O–H groups in total. The molecule has 2 atom stereocenters. The third-order valence-electron chi connectivity index (χ3n) is 3.95. The summed E-state index contributed by atoms with van der Waals surface area (Å²) >= 11 is 6.43. The Labute approximate surface area is 132 Å². The van der Waals surface area contributed by atoms with E-state index in [1.54, 1.807) is 6.20 Å². The fourth-order valence-electron chi connectivity index (χ4n) is 2.95. The molecule has 1 aromatic carbocycles. The van der Waals surface area contributed by atoms with Gasteiger partial charge in [0.15, 0.2) is 0 Å². The maximum absolute atomic E-state index is 6.43. The zero-order chi connectivity index (χ0) is 15.4. The number of hydrogen-bond donors (Lipinski definition) is 1. The van der Waals surface area contributed by atoms with E-state index < -0.39 is 0 Å². The molecule has 0 bridgehead atoms. The summed E-state index contributed by atoms with van der Waals surface area (Å²) in [5.74, 6) is 0.364. The van der Waals surface area contributed by atoms with Crippen molar-refractivity contribution in [3.05, 3.63) is 52.8 Å². The summed E-state index contributed by atoms with van der Waals surface area (Å²) in [6.45, 7) is 6.47. The number of aromatic nitrogens is 2. The molecule has 0 aliphatic rings. The lowest BCUT2D eigenvalue weighted by atomic mass is 9.87. The third kappa shape index (κ3) is 3.30. The van der Waals surface area contributed by atoms with E-state index in [0.29, 0.717) is 5.92 Å². The van der Waals surface area contributed by atoms with E-state index in [9.17, 15) is 0 Å². The van der Waals surface area contributed by atoms with Gasteiger partial charge < -0.3 is 5.32 Å². The molecule has 1 aromatic heterocycles. The van der Waals surface area contributed by atoms with Crippen molar-refractivity contribution >= 4 is 11.6 Å². The first-order valence-electron chi connectivity index (χ1n) is 7.55. The van der Waals surface area contributed by atoms with Crippen molar-refractivity contribution in [2.45, 2.75) is 45.2 Å². The van der Waals surface area contributed by atoms with E-state index in [2.05, 4.69) is 61.5 Å². The average Bonchev–Trinajstić information content (AvgIpc) is 2.87. The summed E-state index contributed by atoms with van der Waals surface area (Å²) in [5, 5.41) is 8.62. The molecule has 0 spiro atoms. The lowest BCUT2D eigenvalue weighted by molar-refractivity contribution is 0.408. The van der Waals surface area contributed by atoms with Crippen molar-refractivity contribution in [3.8, 4) is 0 Å². The van der Waals surface area contributed by atoms with Crippen LogP contribution >= 0.6 is 11.6 Å². The maximum Gasteiger partial charge on any atom is 0.0834 e. The Kier molecular flexibility index (Phi) is 5.43. The summed E-state index contributed by atoms with van der Waals surface area (Å²) in [4.78, 5) is 0. The van der Waals surface area contributed by atoms with Gasteiger partial charge in [0.05, 0.1) is 23.0 Å². The number of nitrogens with zero attached hydrogens (tertiary/aromatic N) is 2. The number of likely N-dealkylation sites (N-methyl/N-ethyl adjacent to an activating group) is 1. The van der Waals surface area contributed by atoms with Crippen molar-refractivity contribution in [1.82, 2.24) is 15.1 Å². The first-order chi connectivity index (χ1) is 10.1. The van der Waals surface area contributed by atoms with Crippen molar-refractivity contribution in [3.63, 3.8) is 0 Å². The van der Waals surface area contributed by atoms with E-state index in [0.717, 1.165) is 17.1 Å². The molecule has 0 aliphatic carbocycles. The second kappa shape index (κ2) is 7.10. The topological polar surface area (TPSA) is 29.9 Å². The van der Waals surface area contributed by atoms with Crippen LogP contribution < -0.4 is 5.32 Å². The second-order valence-corrected chi connectivity index (χ2v) is 6.02. The number of halogens is 1. The Morgan fingerprint density at radius 2 is 1.90 bits per heavy atom. The van der Waals surface area contributed by atoms with Gasteiger partial charge in [-0.25, -0.2) is 0 Å². The molecule has 2 aromatic rings. The highest BCUT2D eigenvalue weighted by atomic mass is 35.5. The molecule has 0 fully saturated rings. The summed E-state index contributed by atoms with van der Waals surface area (Å²) in [5.41, 5.74) is 2.40. The number of nitrogens with one attached hydrogen (secondary N) is 1. The smallest absolute Gasteiger partial charge is 0.0834 e. The SMILES string of the molecule is CCC(c1ccccc1)C(NC)c1c(Cl)cnn1C(C)C. The van der Waals surface area contributed by atoms with Crippen LogP contribution in [0.25, 0.3) is 0 Å². The van der Waals surface area contributed by atoms with Gasteiger partial charge in [-0.15, -0.1) is 0 Å². The fourth-order valence-corrected chi connectivity index (χ4v) is 3.19. The van der Waals surface area contributed by atoms with E-state index in [1.807, 2.05) is 11.7 Å². The largest absolute Gasteiger partial charge is 0.311 e. The normalized spacial score (nSPS) is 14.4. The first kappa shape index (κ1) is 16.1. The van der Waals surface area contributed by atoms with Crippen LogP contribution in [0.4, 0.5) is 0 Å². The molecule has 2 unspecified atom stereocenters. The lowest BCUT2D eigenvalue weighted by Crippen LogP contribution is -2.27. The minimum atomic E-state index is 0.148. The summed E-state index contributed by atoms with van der Waals surface area (Å²) in [7, 11) is 1.99. The standard InChI is InChI=1S/C17H24ClN3/c1-5-14(13-9-7-6-8-10-13)16(19-4)17-15(18)11-20-21(17)12(2)3/h6-12,14,16,19H,5H2,1-4H3. The molecule has 0 radical (unpaired) electrons. The van der Waals surface area contributed by atoms with Gasteiger partial charge >= 0.3 is 0 Å². The van der Waals surface area contributed by atoms with Gasteiger partial charge in [-0.1, -0.05) is 48.9 Å². The molecule has 4 heteroatoms. The Bertz CT molecular complexity index is 563. The summed E-state index contributed by atoms with van der Waals surface area (Å²) in [6, 6.07) is 11.0. The molecular weight excluding hydrogens is 282 g/mol. The molecule has 0 amide bonds. The zero-order valence-electron chi connectivity index (χ0n) is 13.2. The Balaban J connectivity index is 2.45. The number of rotatable bonds is 6. The van der Waals surface area contributed by atoms with E-state index in [-0.39, 0.29) is 12.1 Å². The molecule has 1 heterocycles. The van der Waals surface area contributed by atoms with Crippen molar-refractivity contribution < 1.29 is 0 Å². The van der Waals surface area contributed by atoms with Gasteiger partial charge in [-0.3, -0.25) is 4.68 Å². The zero-order valence-corrected chi connectivity index (χ0v) is 13.9. The van der Waals surface area contributed by atoms with E-state index >= 15 is 0 Å². The Morgan fingerprint density at radius 1 is 1.24 bits per heavy atom. The minimum absolute atomic E-state index is 0.148. The van der Waals surface area contributed by atoms with Crippen LogP contribution in [0.1, 0.15) is 56.5 Å². The first-order valence-corrected chi connectivity index (χ1v) is 7.93. The van der Waals surface area contributed by atoms with Crippen molar-refractivity contribution in [1.29, 1.82) is 0 Å². The lowest BCUT2D eigenvalue weighted by Gasteiger charge is -2.28. The van der Waals surface area contributed by atoms with Crippen LogP contribution in [0.5, 0.6) is 0 Å². The predicted octanol–water partition coefficient (Wildman–Crippen LogP) is 4.57. The van der Waals surface area contributed by atoms with Crippen molar-refractivity contribution in [2.24, 2.45) is 0 Å². The highest BCUT2D eigenvalue weighted by molar-refractivity contribution is 6.31. The Hall–Kier alpha value is -1.32. The van der Waals surface area contributed by atoms with Gasteiger partial charge in [0.2, 0.25) is 0 Å². The van der Waals surface area contributed by atoms with Gasteiger partial charge in [0, 0.05) is 12.0 Å². The quantitative estimate of drug-likeness (QED) is 0.847. The van der Waals surface area contributed by atoms with Crippen LogP contribution in [0.3, 0.4) is 0 Å². The highest BCUT2D eigenvalue weighted by Crippen LogP contribution is 2.37. The van der Waals surface area contributed by atoms with Gasteiger partial charge in [0.25, 0.3) is 0 Å². The number of hydrogen-bond acceptors (Lipinski definition) is 2. The molecule has 2 rings (SSSR count). The Morgan fingerprint density at radius 3 is 2.43 bits per heavy atom. The predicted molar refractivity (Wildman–Crippen MR) is 88.9 cm³/mol. The second-order valence-electron chi connectivity index (χ2n) is 5.61. The van der Waals surface area contributed by atoms with Crippen LogP contribution in [-0.4, -0.2) is 16.8 Å². The minimum Gasteiger partial charge on any atom is -0.311 e.